The molecule has 0 amide bonds. The quantitative estimate of drug-likeness (QED) is 0.735. The Morgan fingerprint density at radius 3 is 2.12 bits per heavy atom. The predicted octanol–water partition coefficient (Wildman–Crippen LogP) is 1.51. The van der Waals surface area contributed by atoms with E-state index < -0.39 is 5.97 Å². The molecule has 4 heteroatoms. The van der Waals surface area contributed by atoms with E-state index in [1.807, 2.05) is 0 Å². The van der Waals surface area contributed by atoms with Crippen LogP contribution in [0.15, 0.2) is 0 Å². The topological polar surface area (TPSA) is 43.8 Å². The van der Waals surface area contributed by atoms with Crippen LogP contribution in [0.2, 0.25) is 0 Å². The molecular formula is C13H26N2O2. The molecule has 100 valence electrons. The normalized spacial score (nSPS) is 18.8. The fourth-order valence-electron chi connectivity index (χ4n) is 2.21. The molecule has 0 spiro atoms. The molecule has 0 atom stereocenters. The Bertz CT molecular complexity index is 223. The number of carboxylic acids is 1. The number of rotatable bonds is 7. The Morgan fingerprint density at radius 1 is 1.12 bits per heavy atom. The van der Waals surface area contributed by atoms with Crippen molar-refractivity contribution in [3.63, 3.8) is 0 Å². The lowest BCUT2D eigenvalue weighted by atomic mass is 10.1. The summed E-state index contributed by atoms with van der Waals surface area (Å²) in [5.74, 6) is 0.108. The minimum atomic E-state index is -0.690. The van der Waals surface area contributed by atoms with Gasteiger partial charge in [0.25, 0.3) is 0 Å². The van der Waals surface area contributed by atoms with Gasteiger partial charge >= 0.3 is 5.97 Å². The predicted molar refractivity (Wildman–Crippen MR) is 69.2 cm³/mol. The van der Waals surface area contributed by atoms with Crippen LogP contribution in [0.1, 0.15) is 33.1 Å². The van der Waals surface area contributed by atoms with E-state index in [0.717, 1.165) is 32.1 Å². The summed E-state index contributed by atoms with van der Waals surface area (Å²) in [6.07, 6.45) is 2.86. The number of piperazine rings is 1. The Hall–Kier alpha value is -0.610. The van der Waals surface area contributed by atoms with Gasteiger partial charge in [-0.05, 0) is 25.3 Å². The summed E-state index contributed by atoms with van der Waals surface area (Å²) in [6, 6.07) is 0. The van der Waals surface area contributed by atoms with Gasteiger partial charge in [0.2, 0.25) is 0 Å². The molecule has 0 radical (unpaired) electrons. The van der Waals surface area contributed by atoms with E-state index in [9.17, 15) is 4.79 Å². The summed E-state index contributed by atoms with van der Waals surface area (Å²) in [5.41, 5.74) is 0. The average Bonchev–Trinajstić information content (AvgIpc) is 2.27. The van der Waals surface area contributed by atoms with Crippen molar-refractivity contribution in [1.29, 1.82) is 0 Å². The van der Waals surface area contributed by atoms with Crippen molar-refractivity contribution in [3.05, 3.63) is 0 Å². The molecule has 1 heterocycles. The molecule has 0 aromatic rings. The van der Waals surface area contributed by atoms with Crippen molar-refractivity contribution < 1.29 is 9.90 Å². The number of hydrogen-bond acceptors (Lipinski definition) is 3. The first-order valence-corrected chi connectivity index (χ1v) is 6.74. The third-order valence-corrected chi connectivity index (χ3v) is 3.36. The summed E-state index contributed by atoms with van der Waals surface area (Å²) in [7, 11) is 0. The van der Waals surface area contributed by atoms with Crippen LogP contribution < -0.4 is 0 Å². The molecule has 0 aliphatic carbocycles. The van der Waals surface area contributed by atoms with Gasteiger partial charge in [0.15, 0.2) is 0 Å². The molecule has 1 saturated heterocycles. The second kappa shape index (κ2) is 7.67. The van der Waals surface area contributed by atoms with Gasteiger partial charge in [0.05, 0.1) is 6.42 Å². The van der Waals surface area contributed by atoms with Crippen LogP contribution in [0.5, 0.6) is 0 Å². The van der Waals surface area contributed by atoms with Gasteiger partial charge in [-0.25, -0.2) is 0 Å². The Balaban J connectivity index is 2.07. The number of hydrogen-bond donors (Lipinski definition) is 1. The molecule has 0 unspecified atom stereocenters. The average molecular weight is 242 g/mol. The van der Waals surface area contributed by atoms with E-state index in [4.69, 9.17) is 5.11 Å². The van der Waals surface area contributed by atoms with E-state index in [0.29, 0.717) is 6.54 Å². The number of nitrogens with zero attached hydrogens (tertiary/aromatic N) is 2. The van der Waals surface area contributed by atoms with Crippen LogP contribution in [-0.4, -0.2) is 60.1 Å². The second-order valence-corrected chi connectivity index (χ2v) is 5.36. The fourth-order valence-corrected chi connectivity index (χ4v) is 2.21. The largest absolute Gasteiger partial charge is 0.481 e. The molecule has 1 aliphatic rings. The Kier molecular flexibility index (Phi) is 6.52. The maximum absolute atomic E-state index is 10.5. The van der Waals surface area contributed by atoms with E-state index >= 15 is 0 Å². The lowest BCUT2D eigenvalue weighted by molar-refractivity contribution is -0.137. The highest BCUT2D eigenvalue weighted by Crippen LogP contribution is 2.07. The van der Waals surface area contributed by atoms with E-state index in [1.165, 1.54) is 19.4 Å². The standard InChI is InChI=1S/C13H26N2O2/c1-12(2)4-3-6-14-8-10-15(11-9-14)7-5-13(16)17/h12H,3-11H2,1-2H3,(H,16,17). The van der Waals surface area contributed by atoms with Crippen LogP contribution in [0.3, 0.4) is 0 Å². The van der Waals surface area contributed by atoms with E-state index in [2.05, 4.69) is 23.6 Å². The van der Waals surface area contributed by atoms with Crippen LogP contribution in [0.4, 0.5) is 0 Å². The van der Waals surface area contributed by atoms with Crippen LogP contribution in [0.25, 0.3) is 0 Å². The van der Waals surface area contributed by atoms with Crippen molar-refractivity contribution in [2.45, 2.75) is 33.1 Å². The summed E-state index contributed by atoms with van der Waals surface area (Å²) in [5, 5.41) is 8.63. The molecular weight excluding hydrogens is 216 g/mol. The highest BCUT2D eigenvalue weighted by molar-refractivity contribution is 5.66. The van der Waals surface area contributed by atoms with Crippen molar-refractivity contribution >= 4 is 5.97 Å². The third-order valence-electron chi connectivity index (χ3n) is 3.36. The monoisotopic (exact) mass is 242 g/mol. The van der Waals surface area contributed by atoms with Gasteiger partial charge in [0.1, 0.15) is 0 Å². The van der Waals surface area contributed by atoms with Crippen LogP contribution >= 0.6 is 0 Å². The molecule has 0 bridgehead atoms. The first-order valence-electron chi connectivity index (χ1n) is 6.74. The lowest BCUT2D eigenvalue weighted by Crippen LogP contribution is -2.47. The van der Waals surface area contributed by atoms with E-state index in [1.54, 1.807) is 0 Å². The maximum atomic E-state index is 10.5. The smallest absolute Gasteiger partial charge is 0.304 e. The third kappa shape index (κ3) is 6.64. The van der Waals surface area contributed by atoms with Gasteiger partial charge in [-0.1, -0.05) is 13.8 Å². The van der Waals surface area contributed by atoms with Crippen LogP contribution in [0, 0.1) is 5.92 Å². The first-order chi connectivity index (χ1) is 8.08. The molecule has 1 rings (SSSR count). The van der Waals surface area contributed by atoms with Crippen molar-refractivity contribution in [3.8, 4) is 0 Å². The molecule has 1 fully saturated rings. The minimum Gasteiger partial charge on any atom is -0.481 e. The van der Waals surface area contributed by atoms with Gasteiger partial charge in [-0.3, -0.25) is 4.79 Å². The maximum Gasteiger partial charge on any atom is 0.304 e. The molecule has 17 heavy (non-hydrogen) atoms. The zero-order valence-electron chi connectivity index (χ0n) is 11.2. The molecule has 4 nitrogen and oxygen atoms in total. The van der Waals surface area contributed by atoms with Gasteiger partial charge in [-0.2, -0.15) is 0 Å². The van der Waals surface area contributed by atoms with Crippen molar-refractivity contribution in [2.75, 3.05) is 39.3 Å². The molecule has 0 aromatic heterocycles. The highest BCUT2D eigenvalue weighted by Gasteiger charge is 2.16. The number of carboxylic acid groups (broad SMARTS) is 1. The highest BCUT2D eigenvalue weighted by atomic mass is 16.4. The lowest BCUT2D eigenvalue weighted by Gasteiger charge is -2.34. The second-order valence-electron chi connectivity index (χ2n) is 5.36. The zero-order chi connectivity index (χ0) is 12.7. The molecule has 0 saturated carbocycles. The number of aliphatic carboxylic acids is 1. The van der Waals surface area contributed by atoms with Gasteiger partial charge in [-0.15, -0.1) is 0 Å². The van der Waals surface area contributed by atoms with E-state index in [-0.39, 0.29) is 6.42 Å². The number of carbonyl (C=O) groups is 1. The zero-order valence-corrected chi connectivity index (χ0v) is 11.2. The Labute approximate surface area is 105 Å². The molecule has 1 aliphatic heterocycles. The molecule has 1 N–H and O–H groups in total. The summed E-state index contributed by atoms with van der Waals surface area (Å²) in [6.45, 7) is 10.7. The minimum absolute atomic E-state index is 0.271. The van der Waals surface area contributed by atoms with Crippen LogP contribution in [-0.2, 0) is 4.79 Å². The van der Waals surface area contributed by atoms with Gasteiger partial charge < -0.3 is 14.9 Å². The molecule has 0 aromatic carbocycles. The summed E-state index contributed by atoms with van der Waals surface area (Å²) >= 11 is 0. The van der Waals surface area contributed by atoms with Crippen molar-refractivity contribution in [2.24, 2.45) is 5.92 Å². The van der Waals surface area contributed by atoms with Crippen molar-refractivity contribution in [1.82, 2.24) is 9.80 Å². The fraction of sp³-hybridized carbons (Fsp3) is 0.923. The summed E-state index contributed by atoms with van der Waals surface area (Å²) < 4.78 is 0. The SMILES string of the molecule is CC(C)CCCN1CCN(CCC(=O)O)CC1. The first kappa shape index (κ1) is 14.5. The van der Waals surface area contributed by atoms with Gasteiger partial charge in [0, 0.05) is 32.7 Å². The summed E-state index contributed by atoms with van der Waals surface area (Å²) in [4.78, 5) is 15.2. The Morgan fingerprint density at radius 2 is 1.65 bits per heavy atom.